The maximum absolute atomic E-state index is 11.5. The van der Waals surface area contributed by atoms with Crippen LogP contribution in [0.15, 0.2) is 30.5 Å². The van der Waals surface area contributed by atoms with E-state index in [1.807, 2.05) is 6.92 Å². The van der Waals surface area contributed by atoms with Gasteiger partial charge >= 0.3 is 0 Å². The monoisotopic (exact) mass is 316 g/mol. The number of hydrogen-bond acceptors (Lipinski definition) is 3. The van der Waals surface area contributed by atoms with Crippen LogP contribution in [0.4, 0.5) is 0 Å². The summed E-state index contributed by atoms with van der Waals surface area (Å²) in [6.07, 6.45) is 1.71. The maximum Gasteiger partial charge on any atom is 0.238 e. The molecule has 0 heterocycles. The van der Waals surface area contributed by atoms with E-state index in [1.165, 1.54) is 0 Å². The fourth-order valence-corrected chi connectivity index (χ4v) is 1.78. The second kappa shape index (κ2) is 8.72. The Kier molecular flexibility index (Phi) is 7.26. The van der Waals surface area contributed by atoms with Crippen LogP contribution >= 0.6 is 23.2 Å². The third-order valence-electron chi connectivity index (χ3n) is 2.51. The quantitative estimate of drug-likeness (QED) is 0.568. The van der Waals surface area contributed by atoms with Gasteiger partial charge in [-0.05, 0) is 31.0 Å². The third kappa shape index (κ3) is 6.17. The number of ether oxygens (including phenoxy) is 1. The normalized spacial score (nSPS) is 9.95. The molecular weight excluding hydrogens is 299 g/mol. The Morgan fingerprint density at radius 3 is 2.75 bits per heavy atom. The van der Waals surface area contributed by atoms with Gasteiger partial charge in [-0.25, -0.2) is 0 Å². The van der Waals surface area contributed by atoms with Crippen LogP contribution in [0.1, 0.15) is 26.2 Å². The van der Waals surface area contributed by atoms with Crippen molar-refractivity contribution in [2.75, 3.05) is 6.61 Å². The van der Waals surface area contributed by atoms with Crippen LogP contribution in [0.25, 0.3) is 0 Å². The van der Waals surface area contributed by atoms with Crippen molar-refractivity contribution < 1.29 is 9.53 Å². The molecule has 0 unspecified atom stereocenters. The van der Waals surface area contributed by atoms with Gasteiger partial charge in [0.15, 0.2) is 0 Å². The Balaban J connectivity index is 2.21. The highest BCUT2D eigenvalue weighted by Crippen LogP contribution is 2.27. The number of carbonyl (C=O) groups excluding carboxylic acids is 1. The van der Waals surface area contributed by atoms with Crippen LogP contribution in [-0.2, 0) is 4.79 Å². The van der Waals surface area contributed by atoms with Crippen molar-refractivity contribution in [3.8, 4) is 5.75 Å². The van der Waals surface area contributed by atoms with Crippen LogP contribution < -0.4 is 15.6 Å². The zero-order valence-electron chi connectivity index (χ0n) is 11.3. The Labute approximate surface area is 129 Å². The lowest BCUT2D eigenvalue weighted by molar-refractivity contribution is -0.122. The van der Waals surface area contributed by atoms with Gasteiger partial charge in [0, 0.05) is 17.1 Å². The predicted octanol–water partition coefficient (Wildman–Crippen LogP) is 3.70. The van der Waals surface area contributed by atoms with Crippen molar-refractivity contribution in [1.29, 1.82) is 0 Å². The molecule has 0 aliphatic carbocycles. The minimum absolute atomic E-state index is 0.106. The number of hydrogen-bond donors (Lipinski definition) is 2. The summed E-state index contributed by atoms with van der Waals surface area (Å²) >= 11 is 11.7. The van der Waals surface area contributed by atoms with E-state index in [0.29, 0.717) is 35.2 Å². The Morgan fingerprint density at radius 1 is 1.35 bits per heavy atom. The molecule has 0 spiro atoms. The van der Waals surface area contributed by atoms with E-state index in [0.717, 1.165) is 12.1 Å². The second-order valence-corrected chi connectivity index (χ2v) is 5.00. The number of amides is 1. The third-order valence-corrected chi connectivity index (χ3v) is 3.04. The molecule has 2 N–H and O–H groups in total. The minimum Gasteiger partial charge on any atom is -0.492 e. The van der Waals surface area contributed by atoms with E-state index in [4.69, 9.17) is 27.9 Å². The van der Waals surface area contributed by atoms with E-state index < -0.39 is 0 Å². The Morgan fingerprint density at radius 2 is 2.10 bits per heavy atom. The highest BCUT2D eigenvalue weighted by Gasteiger charge is 2.04. The number of halogens is 2. The lowest BCUT2D eigenvalue weighted by Crippen LogP contribution is -2.36. The molecule has 6 heteroatoms. The fraction of sp³-hybridized carbons (Fsp3) is 0.357. The van der Waals surface area contributed by atoms with E-state index in [9.17, 15) is 4.79 Å². The van der Waals surface area contributed by atoms with Crippen molar-refractivity contribution in [2.24, 2.45) is 0 Å². The van der Waals surface area contributed by atoms with Gasteiger partial charge in [-0.3, -0.25) is 10.2 Å². The zero-order valence-corrected chi connectivity index (χ0v) is 12.9. The van der Waals surface area contributed by atoms with Crippen molar-refractivity contribution in [1.82, 2.24) is 10.9 Å². The Hall–Kier alpha value is -1.39. The van der Waals surface area contributed by atoms with E-state index in [-0.39, 0.29) is 5.91 Å². The largest absolute Gasteiger partial charge is 0.492 e. The van der Waals surface area contributed by atoms with Crippen molar-refractivity contribution in [3.05, 3.63) is 40.5 Å². The number of allylic oxidation sites excluding steroid dienone is 1. The summed E-state index contributed by atoms with van der Waals surface area (Å²) in [5.74, 6) is 0.458. The van der Waals surface area contributed by atoms with Gasteiger partial charge in [-0.15, -0.1) is 0 Å². The van der Waals surface area contributed by atoms with Crippen LogP contribution in [0, 0.1) is 0 Å². The summed E-state index contributed by atoms with van der Waals surface area (Å²) in [5.41, 5.74) is 6.06. The molecule has 1 rings (SSSR count). The molecule has 0 saturated carbocycles. The summed E-state index contributed by atoms with van der Waals surface area (Å²) in [7, 11) is 0. The summed E-state index contributed by atoms with van der Waals surface area (Å²) in [4.78, 5) is 11.5. The van der Waals surface area contributed by atoms with E-state index >= 15 is 0 Å². The zero-order chi connectivity index (χ0) is 15.0. The summed E-state index contributed by atoms with van der Waals surface area (Å²) in [5, 5.41) is 1.02. The van der Waals surface area contributed by atoms with Crippen LogP contribution in [-0.4, -0.2) is 12.5 Å². The molecule has 1 aromatic rings. The lowest BCUT2D eigenvalue weighted by atomic mass is 10.3. The first-order chi connectivity index (χ1) is 9.52. The van der Waals surface area contributed by atoms with E-state index in [2.05, 4.69) is 17.4 Å². The average molecular weight is 317 g/mol. The topological polar surface area (TPSA) is 50.4 Å². The molecule has 110 valence electrons. The first-order valence-corrected chi connectivity index (χ1v) is 7.09. The van der Waals surface area contributed by atoms with Crippen molar-refractivity contribution >= 4 is 29.1 Å². The molecule has 0 aromatic heterocycles. The number of carbonyl (C=O) groups is 1. The molecule has 0 atom stereocenters. The standard InChI is InChI=1S/C14H18Cl2N2O2/c1-3-10(2)17-18-14(19)5-4-8-20-13-7-6-11(15)9-12(13)16/h6-7,9,17H,2-5,8H2,1H3,(H,18,19). The first-order valence-electron chi connectivity index (χ1n) is 6.33. The molecule has 1 amide bonds. The molecule has 0 bridgehead atoms. The van der Waals surface area contributed by atoms with Gasteiger partial charge in [0.05, 0.1) is 11.6 Å². The average Bonchev–Trinajstić information content (AvgIpc) is 2.42. The van der Waals surface area contributed by atoms with Gasteiger partial charge in [-0.2, -0.15) is 0 Å². The Bertz CT molecular complexity index is 478. The number of nitrogens with one attached hydrogen (secondary N) is 2. The van der Waals surface area contributed by atoms with E-state index in [1.54, 1.807) is 18.2 Å². The van der Waals surface area contributed by atoms with Gasteiger partial charge < -0.3 is 10.2 Å². The first kappa shape index (κ1) is 16.7. The highest BCUT2D eigenvalue weighted by atomic mass is 35.5. The molecule has 1 aromatic carbocycles. The molecule has 20 heavy (non-hydrogen) atoms. The predicted molar refractivity (Wildman–Crippen MR) is 81.9 cm³/mol. The van der Waals surface area contributed by atoms with Gasteiger partial charge in [0.1, 0.15) is 5.75 Å². The number of benzene rings is 1. The van der Waals surface area contributed by atoms with Gasteiger partial charge in [0.25, 0.3) is 0 Å². The van der Waals surface area contributed by atoms with Gasteiger partial charge in [0.2, 0.25) is 5.91 Å². The molecule has 0 fully saturated rings. The van der Waals surface area contributed by atoms with Crippen molar-refractivity contribution in [3.63, 3.8) is 0 Å². The van der Waals surface area contributed by atoms with Crippen LogP contribution in [0.2, 0.25) is 10.0 Å². The van der Waals surface area contributed by atoms with Gasteiger partial charge in [-0.1, -0.05) is 36.7 Å². The number of rotatable bonds is 8. The summed E-state index contributed by atoms with van der Waals surface area (Å²) in [6.45, 7) is 6.08. The minimum atomic E-state index is -0.106. The fourth-order valence-electron chi connectivity index (χ4n) is 1.32. The molecule has 0 aliphatic heterocycles. The van der Waals surface area contributed by atoms with Crippen LogP contribution in [0.3, 0.4) is 0 Å². The second-order valence-electron chi connectivity index (χ2n) is 4.16. The maximum atomic E-state index is 11.5. The lowest BCUT2D eigenvalue weighted by Gasteiger charge is -2.10. The highest BCUT2D eigenvalue weighted by molar-refractivity contribution is 6.35. The smallest absolute Gasteiger partial charge is 0.238 e. The molecule has 0 saturated heterocycles. The molecule has 0 radical (unpaired) electrons. The summed E-state index contributed by atoms with van der Waals surface area (Å²) < 4.78 is 5.48. The number of hydrazine groups is 1. The van der Waals surface area contributed by atoms with Crippen molar-refractivity contribution in [2.45, 2.75) is 26.2 Å². The molecule has 4 nitrogen and oxygen atoms in total. The van der Waals surface area contributed by atoms with Crippen LogP contribution in [0.5, 0.6) is 5.75 Å². The summed E-state index contributed by atoms with van der Waals surface area (Å²) in [6, 6.07) is 5.03. The SMILES string of the molecule is C=C(CC)NNC(=O)CCCOc1ccc(Cl)cc1Cl. The molecule has 0 aliphatic rings. The molecular formula is C14H18Cl2N2O2.